The van der Waals surface area contributed by atoms with Gasteiger partial charge in [-0.2, -0.15) is 0 Å². The van der Waals surface area contributed by atoms with Crippen molar-refractivity contribution in [2.45, 2.75) is 38.7 Å². The molecule has 3 heteroatoms. The molecule has 0 bridgehead atoms. The predicted molar refractivity (Wildman–Crippen MR) is 61.1 cm³/mol. The van der Waals surface area contributed by atoms with Crippen LogP contribution in [0.1, 0.15) is 48.5 Å². The second-order valence-electron chi connectivity index (χ2n) is 4.50. The number of carboxylic acid groups (broad SMARTS) is 1. The van der Waals surface area contributed by atoms with Crippen LogP contribution < -0.4 is 4.74 Å². The molecule has 0 aliphatic heterocycles. The van der Waals surface area contributed by atoms with Gasteiger partial charge >= 0.3 is 5.97 Å². The van der Waals surface area contributed by atoms with E-state index in [0.29, 0.717) is 11.5 Å². The lowest BCUT2D eigenvalue weighted by molar-refractivity contribution is 0.0696. The van der Waals surface area contributed by atoms with E-state index in [0.717, 1.165) is 11.3 Å². The first-order valence-electron chi connectivity index (χ1n) is 5.62. The molecule has 16 heavy (non-hydrogen) atoms. The fraction of sp³-hybridized carbons (Fsp3) is 0.462. The quantitative estimate of drug-likeness (QED) is 0.848. The molecule has 0 unspecified atom stereocenters. The number of rotatable bonds is 4. The first kappa shape index (κ1) is 11.0. The van der Waals surface area contributed by atoms with Crippen molar-refractivity contribution in [3.63, 3.8) is 0 Å². The van der Waals surface area contributed by atoms with Crippen LogP contribution in [0.25, 0.3) is 0 Å². The Morgan fingerprint density at radius 3 is 2.62 bits per heavy atom. The summed E-state index contributed by atoms with van der Waals surface area (Å²) in [6, 6.07) is 5.18. The van der Waals surface area contributed by atoms with Gasteiger partial charge in [-0.05, 0) is 50.3 Å². The number of aromatic carboxylic acids is 1. The van der Waals surface area contributed by atoms with Crippen molar-refractivity contribution in [2.24, 2.45) is 0 Å². The Morgan fingerprint density at radius 2 is 2.12 bits per heavy atom. The molecule has 0 spiro atoms. The van der Waals surface area contributed by atoms with Crippen molar-refractivity contribution >= 4 is 5.97 Å². The van der Waals surface area contributed by atoms with Gasteiger partial charge in [0, 0.05) is 0 Å². The molecule has 1 aromatic carbocycles. The topological polar surface area (TPSA) is 46.5 Å². The standard InChI is InChI=1S/C13H16O3/c1-8(2)16-12-7-10(13(14)15)5-6-11(12)9-3-4-9/h5-9H,3-4H2,1-2H3,(H,14,15). The first-order valence-corrected chi connectivity index (χ1v) is 5.62. The Bertz CT molecular complexity index is 406. The van der Waals surface area contributed by atoms with Crippen LogP contribution in [0.4, 0.5) is 0 Å². The number of ether oxygens (including phenoxy) is 1. The highest BCUT2D eigenvalue weighted by Crippen LogP contribution is 2.44. The predicted octanol–water partition coefficient (Wildman–Crippen LogP) is 3.05. The fourth-order valence-corrected chi connectivity index (χ4v) is 1.75. The zero-order chi connectivity index (χ0) is 11.7. The highest BCUT2D eigenvalue weighted by molar-refractivity contribution is 5.88. The lowest BCUT2D eigenvalue weighted by atomic mass is 10.1. The SMILES string of the molecule is CC(C)Oc1cc(C(=O)O)ccc1C1CC1. The van der Waals surface area contributed by atoms with Crippen molar-refractivity contribution in [2.75, 3.05) is 0 Å². The van der Waals surface area contributed by atoms with Crippen LogP contribution in [0.15, 0.2) is 18.2 Å². The van der Waals surface area contributed by atoms with Gasteiger partial charge in [-0.25, -0.2) is 4.79 Å². The van der Waals surface area contributed by atoms with Crippen LogP contribution in [0.2, 0.25) is 0 Å². The van der Waals surface area contributed by atoms with Gasteiger partial charge in [0.15, 0.2) is 0 Å². The summed E-state index contributed by atoms with van der Waals surface area (Å²) < 4.78 is 5.67. The molecular formula is C13H16O3. The molecule has 2 rings (SSSR count). The third-order valence-electron chi connectivity index (χ3n) is 2.64. The van der Waals surface area contributed by atoms with Crippen molar-refractivity contribution in [3.05, 3.63) is 29.3 Å². The van der Waals surface area contributed by atoms with E-state index in [1.165, 1.54) is 12.8 Å². The van der Waals surface area contributed by atoms with Crippen molar-refractivity contribution < 1.29 is 14.6 Å². The summed E-state index contributed by atoms with van der Waals surface area (Å²) in [5.41, 5.74) is 1.44. The largest absolute Gasteiger partial charge is 0.491 e. The molecule has 3 nitrogen and oxygen atoms in total. The lowest BCUT2D eigenvalue weighted by Crippen LogP contribution is -2.08. The molecule has 1 aliphatic carbocycles. The number of hydrogen-bond donors (Lipinski definition) is 1. The number of benzene rings is 1. The Labute approximate surface area is 95.0 Å². The average Bonchev–Trinajstić information content (AvgIpc) is 3.00. The molecule has 1 fully saturated rings. The zero-order valence-electron chi connectivity index (χ0n) is 9.56. The Morgan fingerprint density at radius 1 is 1.44 bits per heavy atom. The molecule has 0 heterocycles. The van der Waals surface area contributed by atoms with Gasteiger partial charge in [-0.15, -0.1) is 0 Å². The first-order chi connectivity index (χ1) is 7.58. The third-order valence-corrected chi connectivity index (χ3v) is 2.64. The lowest BCUT2D eigenvalue weighted by Gasteiger charge is -2.14. The molecule has 0 amide bonds. The van der Waals surface area contributed by atoms with E-state index in [-0.39, 0.29) is 6.10 Å². The number of hydrogen-bond acceptors (Lipinski definition) is 2. The van der Waals surface area contributed by atoms with Crippen LogP contribution in [-0.2, 0) is 0 Å². The molecule has 1 N–H and O–H groups in total. The minimum atomic E-state index is -0.907. The summed E-state index contributed by atoms with van der Waals surface area (Å²) in [6.07, 6.45) is 2.43. The van der Waals surface area contributed by atoms with Crippen LogP contribution in [-0.4, -0.2) is 17.2 Å². The summed E-state index contributed by atoms with van der Waals surface area (Å²) in [5.74, 6) is 0.393. The van der Waals surface area contributed by atoms with Crippen molar-refractivity contribution in [1.29, 1.82) is 0 Å². The smallest absolute Gasteiger partial charge is 0.335 e. The summed E-state index contributed by atoms with van der Waals surface area (Å²) in [7, 11) is 0. The van der Waals surface area contributed by atoms with Crippen LogP contribution >= 0.6 is 0 Å². The Balaban J connectivity index is 2.34. The van der Waals surface area contributed by atoms with Gasteiger partial charge in [-0.3, -0.25) is 0 Å². The van der Waals surface area contributed by atoms with Crippen LogP contribution in [0.5, 0.6) is 5.75 Å². The van der Waals surface area contributed by atoms with Crippen molar-refractivity contribution in [1.82, 2.24) is 0 Å². The van der Waals surface area contributed by atoms with E-state index in [2.05, 4.69) is 0 Å². The van der Waals surface area contributed by atoms with Crippen LogP contribution in [0.3, 0.4) is 0 Å². The summed E-state index contributed by atoms with van der Waals surface area (Å²) in [5, 5.41) is 8.93. The summed E-state index contributed by atoms with van der Waals surface area (Å²) >= 11 is 0. The minimum Gasteiger partial charge on any atom is -0.491 e. The number of carboxylic acids is 1. The summed E-state index contributed by atoms with van der Waals surface area (Å²) in [4.78, 5) is 10.9. The Kier molecular flexibility index (Phi) is 2.86. The van der Waals surface area contributed by atoms with E-state index in [1.807, 2.05) is 19.9 Å². The van der Waals surface area contributed by atoms with Crippen LogP contribution in [0, 0.1) is 0 Å². The number of carbonyl (C=O) groups is 1. The Hall–Kier alpha value is -1.51. The molecule has 0 radical (unpaired) electrons. The highest BCUT2D eigenvalue weighted by atomic mass is 16.5. The molecule has 0 aromatic heterocycles. The monoisotopic (exact) mass is 220 g/mol. The van der Waals surface area contributed by atoms with E-state index >= 15 is 0 Å². The molecule has 1 aliphatic rings. The molecule has 86 valence electrons. The maximum absolute atomic E-state index is 10.9. The summed E-state index contributed by atoms with van der Waals surface area (Å²) in [6.45, 7) is 3.90. The average molecular weight is 220 g/mol. The van der Waals surface area contributed by atoms with Gasteiger partial charge in [0.25, 0.3) is 0 Å². The van der Waals surface area contributed by atoms with E-state index in [1.54, 1.807) is 12.1 Å². The highest BCUT2D eigenvalue weighted by Gasteiger charge is 2.27. The normalized spacial score (nSPS) is 15.2. The minimum absolute atomic E-state index is 0.0709. The van der Waals surface area contributed by atoms with Gasteiger partial charge in [0.1, 0.15) is 5.75 Å². The maximum atomic E-state index is 10.9. The van der Waals surface area contributed by atoms with Crippen molar-refractivity contribution in [3.8, 4) is 5.75 Å². The second-order valence-corrected chi connectivity index (χ2v) is 4.50. The fourth-order valence-electron chi connectivity index (χ4n) is 1.75. The van der Waals surface area contributed by atoms with E-state index in [4.69, 9.17) is 9.84 Å². The van der Waals surface area contributed by atoms with E-state index in [9.17, 15) is 4.79 Å². The molecular weight excluding hydrogens is 204 g/mol. The molecule has 0 atom stereocenters. The molecule has 1 saturated carbocycles. The van der Waals surface area contributed by atoms with Gasteiger partial charge in [0.2, 0.25) is 0 Å². The van der Waals surface area contributed by atoms with E-state index < -0.39 is 5.97 Å². The molecule has 1 aromatic rings. The van der Waals surface area contributed by atoms with Gasteiger partial charge < -0.3 is 9.84 Å². The van der Waals surface area contributed by atoms with Gasteiger partial charge in [-0.1, -0.05) is 6.07 Å². The van der Waals surface area contributed by atoms with Gasteiger partial charge in [0.05, 0.1) is 11.7 Å². The maximum Gasteiger partial charge on any atom is 0.335 e. The molecule has 0 saturated heterocycles. The second kappa shape index (κ2) is 4.16. The third kappa shape index (κ3) is 2.35. The zero-order valence-corrected chi connectivity index (χ0v) is 9.56.